The van der Waals surface area contributed by atoms with Gasteiger partial charge in [0.25, 0.3) is 0 Å². The number of hydrogen-bond donors (Lipinski definition) is 0. The second kappa shape index (κ2) is 4.51. The molecule has 0 fully saturated rings. The highest BCUT2D eigenvalue weighted by molar-refractivity contribution is 5.31. The van der Waals surface area contributed by atoms with E-state index in [-0.39, 0.29) is 6.04 Å². The van der Waals surface area contributed by atoms with Crippen LogP contribution in [0.3, 0.4) is 0 Å². The maximum atomic E-state index is 6.90. The summed E-state index contributed by atoms with van der Waals surface area (Å²) in [5, 5.41) is 0. The molecule has 0 heterocycles. The van der Waals surface area contributed by atoms with Crippen LogP contribution in [0.5, 0.6) is 5.75 Å². The zero-order valence-corrected chi connectivity index (χ0v) is 7.95. The lowest BCUT2D eigenvalue weighted by atomic mass is 10.1. The molecule has 2 nitrogen and oxygen atoms in total. The Morgan fingerprint density at radius 3 is 2.92 bits per heavy atom. The Morgan fingerprint density at radius 2 is 2.31 bits per heavy atom. The molecule has 1 aromatic carbocycles. The summed E-state index contributed by atoms with van der Waals surface area (Å²) in [6.07, 6.45) is 0. The molecule has 13 heavy (non-hydrogen) atoms. The smallest absolute Gasteiger partial charge is 0.246 e. The predicted octanol–water partition coefficient (Wildman–Crippen LogP) is 3.07. The average Bonchev–Trinajstić information content (AvgIpc) is 2.18. The molecular weight excluding hydrogens is 162 g/mol. The van der Waals surface area contributed by atoms with Crippen LogP contribution < -0.4 is 4.74 Å². The number of nitrogens with zero attached hydrogens (tertiary/aromatic N) is 1. The van der Waals surface area contributed by atoms with E-state index in [4.69, 9.17) is 11.3 Å². The van der Waals surface area contributed by atoms with E-state index in [9.17, 15) is 0 Å². The largest absolute Gasteiger partial charge is 0.494 e. The Labute approximate surface area is 79.0 Å². The Hall–Kier alpha value is -1.49. The van der Waals surface area contributed by atoms with Crippen LogP contribution in [-0.4, -0.2) is 6.61 Å². The Morgan fingerprint density at radius 1 is 1.54 bits per heavy atom. The highest BCUT2D eigenvalue weighted by Gasteiger charge is 2.08. The quantitative estimate of drug-likeness (QED) is 0.644. The van der Waals surface area contributed by atoms with Crippen molar-refractivity contribution >= 4 is 0 Å². The molecule has 1 atom stereocenters. The molecule has 0 N–H and O–H groups in total. The van der Waals surface area contributed by atoms with E-state index in [2.05, 4.69) is 4.85 Å². The van der Waals surface area contributed by atoms with E-state index in [1.807, 2.05) is 38.1 Å². The lowest BCUT2D eigenvalue weighted by molar-refractivity contribution is 0.340. The third kappa shape index (κ3) is 2.48. The highest BCUT2D eigenvalue weighted by Crippen LogP contribution is 2.21. The zero-order chi connectivity index (χ0) is 9.68. The molecule has 0 amide bonds. The second-order valence-corrected chi connectivity index (χ2v) is 2.81. The van der Waals surface area contributed by atoms with Crippen LogP contribution in [0.2, 0.25) is 0 Å². The van der Waals surface area contributed by atoms with Gasteiger partial charge in [-0.3, -0.25) is 0 Å². The van der Waals surface area contributed by atoms with Gasteiger partial charge in [-0.05, 0) is 19.1 Å². The summed E-state index contributed by atoms with van der Waals surface area (Å²) in [6.45, 7) is 11.4. The van der Waals surface area contributed by atoms with Gasteiger partial charge >= 0.3 is 0 Å². The summed E-state index contributed by atoms with van der Waals surface area (Å²) < 4.78 is 5.34. The van der Waals surface area contributed by atoms with Gasteiger partial charge in [-0.1, -0.05) is 12.1 Å². The standard InChI is InChI=1S/C11H13NO/c1-4-13-11-7-5-6-10(8-11)9(2)12-3/h5-9H,4H2,1-2H3. The van der Waals surface area contributed by atoms with Crippen LogP contribution in [0.1, 0.15) is 25.5 Å². The molecule has 0 spiro atoms. The Kier molecular flexibility index (Phi) is 3.33. The van der Waals surface area contributed by atoms with Gasteiger partial charge in [0.15, 0.2) is 0 Å². The van der Waals surface area contributed by atoms with Crippen molar-refractivity contribution in [3.05, 3.63) is 41.2 Å². The SMILES string of the molecule is [C-]#[N+]C(C)c1cccc(OCC)c1. The second-order valence-electron chi connectivity index (χ2n) is 2.81. The van der Waals surface area contributed by atoms with Crippen molar-refractivity contribution in [1.29, 1.82) is 0 Å². The van der Waals surface area contributed by atoms with Crippen molar-refractivity contribution in [2.24, 2.45) is 0 Å². The van der Waals surface area contributed by atoms with Gasteiger partial charge in [0.05, 0.1) is 6.61 Å². The van der Waals surface area contributed by atoms with Gasteiger partial charge in [0.2, 0.25) is 6.04 Å². The molecule has 2 heteroatoms. The maximum absolute atomic E-state index is 6.90. The fourth-order valence-electron chi connectivity index (χ4n) is 1.11. The molecule has 1 rings (SSSR count). The zero-order valence-electron chi connectivity index (χ0n) is 7.95. The molecule has 68 valence electrons. The van der Waals surface area contributed by atoms with Crippen LogP contribution >= 0.6 is 0 Å². The number of ether oxygens (including phenoxy) is 1. The van der Waals surface area contributed by atoms with Crippen LogP contribution in [0.15, 0.2) is 24.3 Å². The van der Waals surface area contributed by atoms with Gasteiger partial charge in [-0.15, -0.1) is 0 Å². The third-order valence-corrected chi connectivity index (χ3v) is 1.85. The summed E-state index contributed by atoms with van der Waals surface area (Å²) in [5.41, 5.74) is 1.01. The van der Waals surface area contributed by atoms with Gasteiger partial charge in [0.1, 0.15) is 5.75 Å². The Balaban J connectivity index is 2.86. The van der Waals surface area contributed by atoms with Crippen molar-refractivity contribution in [2.75, 3.05) is 6.61 Å². The minimum Gasteiger partial charge on any atom is -0.494 e. The molecule has 0 bridgehead atoms. The van der Waals surface area contributed by atoms with Crippen molar-refractivity contribution in [3.8, 4) is 5.75 Å². The summed E-state index contributed by atoms with van der Waals surface area (Å²) in [5.74, 6) is 0.843. The molecule has 1 unspecified atom stereocenters. The minimum atomic E-state index is -0.0830. The maximum Gasteiger partial charge on any atom is 0.246 e. The van der Waals surface area contributed by atoms with Crippen LogP contribution in [-0.2, 0) is 0 Å². The van der Waals surface area contributed by atoms with Crippen LogP contribution in [0.4, 0.5) is 0 Å². The van der Waals surface area contributed by atoms with E-state index >= 15 is 0 Å². The number of benzene rings is 1. The lowest BCUT2D eigenvalue weighted by Gasteiger charge is -2.04. The molecule has 0 aliphatic carbocycles. The molecule has 0 aliphatic rings. The summed E-state index contributed by atoms with van der Waals surface area (Å²) >= 11 is 0. The molecular formula is C11H13NO. The van der Waals surface area contributed by atoms with E-state index in [1.54, 1.807) is 0 Å². The Bertz CT molecular complexity index is 314. The van der Waals surface area contributed by atoms with Crippen LogP contribution in [0, 0.1) is 6.57 Å². The van der Waals surface area contributed by atoms with Crippen molar-refractivity contribution < 1.29 is 4.74 Å². The summed E-state index contributed by atoms with van der Waals surface area (Å²) in [6, 6.07) is 7.61. The predicted molar refractivity (Wildman–Crippen MR) is 52.6 cm³/mol. The van der Waals surface area contributed by atoms with Crippen molar-refractivity contribution in [3.63, 3.8) is 0 Å². The fraction of sp³-hybridized carbons (Fsp3) is 0.364. The molecule has 0 saturated heterocycles. The molecule has 0 aliphatic heterocycles. The topological polar surface area (TPSA) is 13.6 Å². The number of hydrogen-bond acceptors (Lipinski definition) is 1. The van der Waals surface area contributed by atoms with Gasteiger partial charge < -0.3 is 9.58 Å². The normalized spacial score (nSPS) is 11.8. The molecule has 1 aromatic rings. The van der Waals surface area contributed by atoms with Crippen LogP contribution in [0.25, 0.3) is 4.85 Å². The van der Waals surface area contributed by atoms with Gasteiger partial charge in [0, 0.05) is 12.5 Å². The van der Waals surface area contributed by atoms with Crippen molar-refractivity contribution in [1.82, 2.24) is 0 Å². The summed E-state index contributed by atoms with van der Waals surface area (Å²) in [7, 11) is 0. The lowest BCUT2D eigenvalue weighted by Crippen LogP contribution is -1.93. The molecule has 0 saturated carbocycles. The van der Waals surface area contributed by atoms with E-state index in [0.717, 1.165) is 11.3 Å². The fourth-order valence-corrected chi connectivity index (χ4v) is 1.11. The first kappa shape index (κ1) is 9.60. The van der Waals surface area contributed by atoms with E-state index < -0.39 is 0 Å². The first-order valence-electron chi connectivity index (χ1n) is 4.37. The third-order valence-electron chi connectivity index (χ3n) is 1.85. The van der Waals surface area contributed by atoms with Crippen molar-refractivity contribution in [2.45, 2.75) is 19.9 Å². The van der Waals surface area contributed by atoms with Gasteiger partial charge in [-0.25, -0.2) is 6.57 Å². The van der Waals surface area contributed by atoms with E-state index in [0.29, 0.717) is 6.61 Å². The molecule has 0 radical (unpaired) electrons. The monoisotopic (exact) mass is 175 g/mol. The number of rotatable bonds is 3. The average molecular weight is 175 g/mol. The first-order chi connectivity index (χ1) is 6.27. The van der Waals surface area contributed by atoms with Gasteiger partial charge in [-0.2, -0.15) is 0 Å². The highest BCUT2D eigenvalue weighted by atomic mass is 16.5. The molecule has 0 aromatic heterocycles. The van der Waals surface area contributed by atoms with E-state index in [1.165, 1.54) is 0 Å². The first-order valence-corrected chi connectivity index (χ1v) is 4.37. The summed E-state index contributed by atoms with van der Waals surface area (Å²) in [4.78, 5) is 3.45. The minimum absolute atomic E-state index is 0.0830.